The van der Waals surface area contributed by atoms with E-state index in [1.54, 1.807) is 11.7 Å². The van der Waals surface area contributed by atoms with Gasteiger partial charge in [0.25, 0.3) is 5.91 Å². The van der Waals surface area contributed by atoms with E-state index in [1.807, 2.05) is 16.7 Å². The predicted octanol–water partition coefficient (Wildman–Crippen LogP) is 0.970. The number of piperidine rings is 1. The van der Waals surface area contributed by atoms with Crippen LogP contribution in [0, 0.1) is 0 Å². The molecule has 0 aromatic carbocycles. The molecule has 0 radical (unpaired) electrons. The summed E-state index contributed by atoms with van der Waals surface area (Å²) < 4.78 is 1.55. The minimum atomic E-state index is 0.00190. The number of amides is 1. The maximum Gasteiger partial charge on any atom is 0.274 e. The second-order valence-corrected chi connectivity index (χ2v) is 5.44. The van der Waals surface area contributed by atoms with Crippen molar-refractivity contribution in [2.45, 2.75) is 18.1 Å². The first-order chi connectivity index (χ1) is 8.13. The van der Waals surface area contributed by atoms with E-state index in [-0.39, 0.29) is 5.91 Å². The van der Waals surface area contributed by atoms with Crippen LogP contribution in [0.15, 0.2) is 6.20 Å². The van der Waals surface area contributed by atoms with Gasteiger partial charge in [-0.15, -0.1) is 0 Å². The second kappa shape index (κ2) is 5.00. The molecule has 1 aromatic heterocycles. The van der Waals surface area contributed by atoms with Gasteiger partial charge in [0, 0.05) is 25.4 Å². The van der Waals surface area contributed by atoms with Gasteiger partial charge in [0.15, 0.2) is 0 Å². The first kappa shape index (κ1) is 12.3. The summed E-state index contributed by atoms with van der Waals surface area (Å²) in [4.78, 5) is 14.2. The number of carbonyl (C=O) groups is 1. The third-order valence-electron chi connectivity index (χ3n) is 3.23. The molecule has 1 aromatic rings. The zero-order valence-electron chi connectivity index (χ0n) is 10.2. The molecule has 1 saturated heterocycles. The number of nitrogens with zero attached hydrogens (tertiary/aromatic N) is 3. The lowest BCUT2D eigenvalue weighted by molar-refractivity contribution is 0.0717. The van der Waals surface area contributed by atoms with Gasteiger partial charge in [-0.3, -0.25) is 9.48 Å². The predicted molar refractivity (Wildman–Crippen MR) is 70.1 cm³/mol. The number of aromatic nitrogens is 2. The Morgan fingerprint density at radius 3 is 2.65 bits per heavy atom. The molecule has 2 rings (SSSR count). The van der Waals surface area contributed by atoms with Crippen molar-refractivity contribution in [3.63, 3.8) is 0 Å². The number of anilines is 1. The van der Waals surface area contributed by atoms with Crippen molar-refractivity contribution in [1.82, 2.24) is 14.7 Å². The molecule has 2 heterocycles. The molecule has 1 aliphatic rings. The van der Waals surface area contributed by atoms with Crippen LogP contribution < -0.4 is 5.73 Å². The van der Waals surface area contributed by atoms with E-state index in [2.05, 4.69) is 11.4 Å². The third kappa shape index (κ3) is 2.41. The molecule has 0 aliphatic carbocycles. The molecule has 5 nitrogen and oxygen atoms in total. The van der Waals surface area contributed by atoms with Gasteiger partial charge in [-0.2, -0.15) is 16.9 Å². The number of nitrogens with two attached hydrogens (primary N) is 1. The Morgan fingerprint density at radius 1 is 1.53 bits per heavy atom. The van der Waals surface area contributed by atoms with Gasteiger partial charge in [-0.05, 0) is 19.1 Å². The Kier molecular flexibility index (Phi) is 3.61. The van der Waals surface area contributed by atoms with Crippen molar-refractivity contribution in [1.29, 1.82) is 0 Å². The molecular weight excluding hydrogens is 236 g/mol. The first-order valence-corrected chi connectivity index (χ1v) is 7.01. The Bertz CT molecular complexity index is 390. The maximum absolute atomic E-state index is 12.3. The van der Waals surface area contributed by atoms with E-state index >= 15 is 0 Å². The molecule has 94 valence electrons. The number of aryl methyl sites for hydroxylation is 1. The van der Waals surface area contributed by atoms with Crippen LogP contribution >= 0.6 is 11.8 Å². The topological polar surface area (TPSA) is 64.2 Å². The zero-order chi connectivity index (χ0) is 12.4. The number of nitrogen functional groups attached to an aromatic ring is 1. The quantitative estimate of drug-likeness (QED) is 0.854. The lowest BCUT2D eigenvalue weighted by Crippen LogP contribution is -2.40. The number of likely N-dealkylation sites (tertiary alicyclic amines) is 1. The van der Waals surface area contributed by atoms with Gasteiger partial charge in [-0.1, -0.05) is 0 Å². The van der Waals surface area contributed by atoms with E-state index in [9.17, 15) is 4.79 Å². The summed E-state index contributed by atoms with van der Waals surface area (Å²) in [6.07, 6.45) is 5.78. The summed E-state index contributed by atoms with van der Waals surface area (Å²) >= 11 is 1.88. The largest absolute Gasteiger partial charge is 0.396 e. The number of hydrogen-bond donors (Lipinski definition) is 1. The van der Waals surface area contributed by atoms with Crippen molar-refractivity contribution < 1.29 is 4.79 Å². The second-order valence-electron chi connectivity index (χ2n) is 4.30. The minimum absolute atomic E-state index is 0.00190. The van der Waals surface area contributed by atoms with E-state index in [1.165, 1.54) is 6.20 Å². The SMILES string of the molecule is CSC1CCN(C(=O)c2c(N)cnn2C)CC1. The average molecular weight is 254 g/mol. The van der Waals surface area contributed by atoms with Gasteiger partial charge in [0.05, 0.1) is 11.9 Å². The Morgan fingerprint density at radius 2 is 2.18 bits per heavy atom. The Labute approximate surface area is 105 Å². The van der Waals surface area contributed by atoms with Gasteiger partial charge < -0.3 is 10.6 Å². The molecule has 1 aliphatic heterocycles. The van der Waals surface area contributed by atoms with E-state index in [0.717, 1.165) is 25.9 Å². The molecule has 0 atom stereocenters. The molecule has 0 bridgehead atoms. The molecule has 0 spiro atoms. The highest BCUT2D eigenvalue weighted by Gasteiger charge is 2.26. The van der Waals surface area contributed by atoms with Crippen LogP contribution in [-0.2, 0) is 7.05 Å². The highest BCUT2D eigenvalue weighted by Crippen LogP contribution is 2.23. The minimum Gasteiger partial charge on any atom is -0.396 e. The Balaban J connectivity index is 2.07. The fourth-order valence-electron chi connectivity index (χ4n) is 2.16. The highest BCUT2D eigenvalue weighted by molar-refractivity contribution is 7.99. The Hall–Kier alpha value is -1.17. The molecule has 0 saturated carbocycles. The molecule has 0 unspecified atom stereocenters. The molecule has 17 heavy (non-hydrogen) atoms. The van der Waals surface area contributed by atoms with Crippen LogP contribution in [0.5, 0.6) is 0 Å². The van der Waals surface area contributed by atoms with Crippen molar-refractivity contribution in [2.24, 2.45) is 7.05 Å². The van der Waals surface area contributed by atoms with E-state index in [4.69, 9.17) is 5.73 Å². The molecule has 6 heteroatoms. The standard InChI is InChI=1S/C11H18N4OS/c1-14-10(9(12)7-13-14)11(16)15-5-3-8(17-2)4-6-15/h7-8H,3-6,12H2,1-2H3. The summed E-state index contributed by atoms with van der Waals surface area (Å²) in [6, 6.07) is 0. The average Bonchev–Trinajstić information content (AvgIpc) is 2.68. The molecule has 1 amide bonds. The highest BCUT2D eigenvalue weighted by atomic mass is 32.2. The van der Waals surface area contributed by atoms with Crippen molar-refractivity contribution in [3.8, 4) is 0 Å². The fraction of sp³-hybridized carbons (Fsp3) is 0.636. The van der Waals surface area contributed by atoms with Gasteiger partial charge in [-0.25, -0.2) is 0 Å². The molecule has 2 N–H and O–H groups in total. The monoisotopic (exact) mass is 254 g/mol. The zero-order valence-corrected chi connectivity index (χ0v) is 11.0. The van der Waals surface area contributed by atoms with Crippen LogP contribution in [0.3, 0.4) is 0 Å². The van der Waals surface area contributed by atoms with Crippen LogP contribution in [0.25, 0.3) is 0 Å². The summed E-state index contributed by atoms with van der Waals surface area (Å²) in [5, 5.41) is 4.69. The van der Waals surface area contributed by atoms with Crippen LogP contribution in [0.4, 0.5) is 5.69 Å². The number of carbonyl (C=O) groups excluding carboxylic acids is 1. The smallest absolute Gasteiger partial charge is 0.274 e. The summed E-state index contributed by atoms with van der Waals surface area (Å²) in [7, 11) is 1.75. The van der Waals surface area contributed by atoms with Gasteiger partial charge >= 0.3 is 0 Å². The van der Waals surface area contributed by atoms with E-state index < -0.39 is 0 Å². The number of hydrogen-bond acceptors (Lipinski definition) is 4. The lowest BCUT2D eigenvalue weighted by atomic mass is 10.1. The van der Waals surface area contributed by atoms with Crippen molar-refractivity contribution in [2.75, 3.05) is 25.1 Å². The van der Waals surface area contributed by atoms with Crippen LogP contribution in [0.2, 0.25) is 0 Å². The first-order valence-electron chi connectivity index (χ1n) is 5.73. The summed E-state index contributed by atoms with van der Waals surface area (Å²) in [6.45, 7) is 1.63. The maximum atomic E-state index is 12.3. The van der Waals surface area contributed by atoms with Crippen molar-refractivity contribution >= 4 is 23.4 Å². The normalized spacial score (nSPS) is 17.4. The molecule has 1 fully saturated rings. The lowest BCUT2D eigenvalue weighted by Gasteiger charge is -2.31. The summed E-state index contributed by atoms with van der Waals surface area (Å²) in [5.41, 5.74) is 6.74. The van der Waals surface area contributed by atoms with E-state index in [0.29, 0.717) is 16.6 Å². The summed E-state index contributed by atoms with van der Waals surface area (Å²) in [5.74, 6) is 0.00190. The van der Waals surface area contributed by atoms with Crippen LogP contribution in [0.1, 0.15) is 23.3 Å². The number of thioether (sulfide) groups is 1. The fourth-order valence-corrected chi connectivity index (χ4v) is 2.84. The van der Waals surface area contributed by atoms with Gasteiger partial charge in [0.2, 0.25) is 0 Å². The number of rotatable bonds is 2. The van der Waals surface area contributed by atoms with Crippen molar-refractivity contribution in [3.05, 3.63) is 11.9 Å². The third-order valence-corrected chi connectivity index (χ3v) is 4.37. The van der Waals surface area contributed by atoms with Crippen LogP contribution in [-0.4, -0.2) is 45.2 Å². The molecular formula is C11H18N4OS. The van der Waals surface area contributed by atoms with Gasteiger partial charge in [0.1, 0.15) is 5.69 Å².